The van der Waals surface area contributed by atoms with E-state index >= 15 is 0 Å². The second-order valence-corrected chi connectivity index (χ2v) is 7.17. The summed E-state index contributed by atoms with van der Waals surface area (Å²) in [6.45, 7) is 5.42. The average molecular weight is 356 g/mol. The molecule has 0 aliphatic carbocycles. The number of anilines is 2. The largest absolute Gasteiger partial charge is 0.363 e. The molecule has 1 aliphatic rings. The molecule has 0 bridgehead atoms. The number of nitrogens with zero attached hydrogens (tertiary/aromatic N) is 2. The van der Waals surface area contributed by atoms with E-state index in [9.17, 15) is 4.79 Å². The molecule has 3 heteroatoms. The number of para-hydroxylation sites is 2. The maximum Gasteiger partial charge on any atom is 0.224 e. The summed E-state index contributed by atoms with van der Waals surface area (Å²) in [7, 11) is 0. The first-order valence-corrected chi connectivity index (χ1v) is 9.41. The highest BCUT2D eigenvalue weighted by molar-refractivity contribution is 5.97. The Kier molecular flexibility index (Phi) is 4.68. The standard InChI is InChI=1S/C24H24N2O/c1-18-16-25(23-10-6-7-11-24(23)26(18)19(2)27)17-20-12-14-22(15-13-20)21-8-4-3-5-9-21/h3-15,18H,16-17H2,1-2H3. The number of hydrogen-bond acceptors (Lipinski definition) is 2. The summed E-state index contributed by atoms with van der Waals surface area (Å²) in [5.74, 6) is 0.0989. The van der Waals surface area contributed by atoms with Gasteiger partial charge in [0, 0.05) is 20.0 Å². The topological polar surface area (TPSA) is 23.6 Å². The van der Waals surface area contributed by atoms with Crippen LogP contribution in [0.2, 0.25) is 0 Å². The van der Waals surface area contributed by atoms with Gasteiger partial charge in [0.25, 0.3) is 0 Å². The van der Waals surface area contributed by atoms with E-state index in [-0.39, 0.29) is 11.9 Å². The van der Waals surface area contributed by atoms with E-state index in [0.29, 0.717) is 0 Å². The predicted octanol–water partition coefficient (Wildman–Crippen LogP) is 5.12. The molecular formula is C24H24N2O. The minimum atomic E-state index is 0.0989. The van der Waals surface area contributed by atoms with Gasteiger partial charge in [0.05, 0.1) is 17.4 Å². The third-order valence-electron chi connectivity index (χ3n) is 5.18. The van der Waals surface area contributed by atoms with Crippen molar-refractivity contribution < 1.29 is 4.79 Å². The van der Waals surface area contributed by atoms with Gasteiger partial charge in [0.1, 0.15) is 0 Å². The Labute approximate surface area is 160 Å². The van der Waals surface area contributed by atoms with Crippen molar-refractivity contribution in [2.45, 2.75) is 26.4 Å². The van der Waals surface area contributed by atoms with Gasteiger partial charge in [-0.05, 0) is 35.7 Å². The van der Waals surface area contributed by atoms with Crippen LogP contribution in [0.3, 0.4) is 0 Å². The molecule has 27 heavy (non-hydrogen) atoms. The predicted molar refractivity (Wildman–Crippen MR) is 112 cm³/mol. The van der Waals surface area contributed by atoms with Gasteiger partial charge in [-0.15, -0.1) is 0 Å². The van der Waals surface area contributed by atoms with Crippen molar-refractivity contribution in [2.75, 3.05) is 16.3 Å². The van der Waals surface area contributed by atoms with Gasteiger partial charge in [-0.25, -0.2) is 0 Å². The van der Waals surface area contributed by atoms with E-state index < -0.39 is 0 Å². The van der Waals surface area contributed by atoms with Crippen molar-refractivity contribution in [2.24, 2.45) is 0 Å². The van der Waals surface area contributed by atoms with Crippen LogP contribution < -0.4 is 9.80 Å². The van der Waals surface area contributed by atoms with E-state index in [1.807, 2.05) is 29.2 Å². The highest BCUT2D eigenvalue weighted by Crippen LogP contribution is 2.36. The van der Waals surface area contributed by atoms with E-state index in [0.717, 1.165) is 24.5 Å². The van der Waals surface area contributed by atoms with Crippen LogP contribution in [-0.2, 0) is 11.3 Å². The zero-order valence-electron chi connectivity index (χ0n) is 15.8. The molecule has 0 N–H and O–H groups in total. The van der Waals surface area contributed by atoms with Gasteiger partial charge in [-0.1, -0.05) is 66.7 Å². The molecular weight excluding hydrogens is 332 g/mol. The first-order valence-electron chi connectivity index (χ1n) is 9.41. The summed E-state index contributed by atoms with van der Waals surface area (Å²) in [5.41, 5.74) is 5.86. The third-order valence-corrected chi connectivity index (χ3v) is 5.18. The molecule has 0 saturated carbocycles. The van der Waals surface area contributed by atoms with Crippen LogP contribution in [0.1, 0.15) is 19.4 Å². The minimum absolute atomic E-state index is 0.0989. The molecule has 0 spiro atoms. The van der Waals surface area contributed by atoms with E-state index in [1.54, 1.807) is 6.92 Å². The van der Waals surface area contributed by atoms with Crippen LogP contribution in [0.4, 0.5) is 11.4 Å². The molecule has 1 unspecified atom stereocenters. The summed E-state index contributed by atoms with van der Waals surface area (Å²) >= 11 is 0. The Morgan fingerprint density at radius 3 is 2.11 bits per heavy atom. The SMILES string of the molecule is CC(=O)N1c2ccccc2N(Cc2ccc(-c3ccccc3)cc2)CC1C. The zero-order chi connectivity index (χ0) is 18.8. The van der Waals surface area contributed by atoms with E-state index in [4.69, 9.17) is 0 Å². The molecule has 1 atom stereocenters. The zero-order valence-corrected chi connectivity index (χ0v) is 15.8. The molecule has 1 heterocycles. The van der Waals surface area contributed by atoms with Crippen LogP contribution in [0.5, 0.6) is 0 Å². The van der Waals surface area contributed by atoms with Crippen LogP contribution in [0.15, 0.2) is 78.9 Å². The van der Waals surface area contributed by atoms with Crippen molar-refractivity contribution in [3.8, 4) is 11.1 Å². The minimum Gasteiger partial charge on any atom is -0.363 e. The lowest BCUT2D eigenvalue weighted by atomic mass is 10.0. The van der Waals surface area contributed by atoms with Crippen LogP contribution in [0.25, 0.3) is 11.1 Å². The highest BCUT2D eigenvalue weighted by Gasteiger charge is 2.30. The fraction of sp³-hybridized carbons (Fsp3) is 0.208. The highest BCUT2D eigenvalue weighted by atomic mass is 16.2. The van der Waals surface area contributed by atoms with Crippen LogP contribution in [-0.4, -0.2) is 18.5 Å². The fourth-order valence-electron chi connectivity index (χ4n) is 3.95. The Hall–Kier alpha value is -3.07. The Morgan fingerprint density at radius 2 is 1.44 bits per heavy atom. The van der Waals surface area contributed by atoms with Crippen LogP contribution in [0, 0.1) is 0 Å². The van der Waals surface area contributed by atoms with Crippen molar-refractivity contribution in [3.05, 3.63) is 84.4 Å². The summed E-state index contributed by atoms with van der Waals surface area (Å²) in [6, 6.07) is 27.6. The fourth-order valence-corrected chi connectivity index (χ4v) is 3.95. The number of carbonyl (C=O) groups is 1. The molecule has 136 valence electrons. The van der Waals surface area contributed by atoms with E-state index in [2.05, 4.69) is 66.4 Å². The Morgan fingerprint density at radius 1 is 0.852 bits per heavy atom. The Balaban J connectivity index is 1.59. The molecule has 3 aromatic carbocycles. The molecule has 3 nitrogen and oxygen atoms in total. The summed E-state index contributed by atoms with van der Waals surface area (Å²) in [4.78, 5) is 16.4. The molecule has 0 saturated heterocycles. The van der Waals surface area contributed by atoms with Gasteiger partial charge >= 0.3 is 0 Å². The van der Waals surface area contributed by atoms with Gasteiger partial charge in [0.2, 0.25) is 5.91 Å². The van der Waals surface area contributed by atoms with Crippen molar-refractivity contribution in [1.29, 1.82) is 0 Å². The van der Waals surface area contributed by atoms with Crippen molar-refractivity contribution in [1.82, 2.24) is 0 Å². The second-order valence-electron chi connectivity index (χ2n) is 7.17. The first-order chi connectivity index (χ1) is 13.1. The maximum absolute atomic E-state index is 12.1. The van der Waals surface area contributed by atoms with Gasteiger partial charge in [-0.3, -0.25) is 4.79 Å². The second kappa shape index (κ2) is 7.28. The normalized spacial score (nSPS) is 16.1. The maximum atomic E-state index is 12.1. The van der Waals surface area contributed by atoms with Crippen molar-refractivity contribution >= 4 is 17.3 Å². The summed E-state index contributed by atoms with van der Waals surface area (Å²) in [5, 5.41) is 0. The van der Waals surface area contributed by atoms with Gasteiger partial charge in [-0.2, -0.15) is 0 Å². The van der Waals surface area contributed by atoms with Crippen molar-refractivity contribution in [3.63, 3.8) is 0 Å². The number of fused-ring (bicyclic) bond motifs is 1. The van der Waals surface area contributed by atoms with Gasteiger partial charge in [0.15, 0.2) is 0 Å². The lowest BCUT2D eigenvalue weighted by molar-refractivity contribution is -0.117. The number of carbonyl (C=O) groups excluding carboxylic acids is 1. The number of hydrogen-bond donors (Lipinski definition) is 0. The molecule has 1 amide bonds. The lowest BCUT2D eigenvalue weighted by Crippen LogP contribution is -2.49. The average Bonchev–Trinajstić information content (AvgIpc) is 2.69. The molecule has 0 aromatic heterocycles. The van der Waals surface area contributed by atoms with Gasteiger partial charge < -0.3 is 9.80 Å². The monoisotopic (exact) mass is 356 g/mol. The lowest BCUT2D eigenvalue weighted by Gasteiger charge is -2.41. The van der Waals surface area contributed by atoms with Crippen LogP contribution >= 0.6 is 0 Å². The Bertz CT molecular complexity index is 934. The molecule has 3 aromatic rings. The first kappa shape index (κ1) is 17.3. The summed E-state index contributed by atoms with van der Waals surface area (Å²) in [6.07, 6.45) is 0. The quantitative estimate of drug-likeness (QED) is 0.651. The summed E-state index contributed by atoms with van der Waals surface area (Å²) < 4.78 is 0. The molecule has 0 radical (unpaired) electrons. The molecule has 4 rings (SSSR count). The third kappa shape index (κ3) is 3.45. The number of rotatable bonds is 3. The number of benzene rings is 3. The van der Waals surface area contributed by atoms with E-state index in [1.165, 1.54) is 16.7 Å². The number of amides is 1. The molecule has 0 fully saturated rings. The molecule has 1 aliphatic heterocycles. The smallest absolute Gasteiger partial charge is 0.224 e.